The molecule has 0 spiro atoms. The summed E-state index contributed by atoms with van der Waals surface area (Å²) in [7, 11) is 0. The number of allylic oxidation sites excluding steroid dienone is 4. The Balaban J connectivity index is 3.58. The molecule has 2 atom stereocenters. The van der Waals surface area contributed by atoms with E-state index in [1.807, 2.05) is 0 Å². The van der Waals surface area contributed by atoms with E-state index < -0.39 is 12.1 Å². The molecule has 0 aliphatic heterocycles. The largest absolute Gasteiger partial charge is 0.466 e. The van der Waals surface area contributed by atoms with Crippen LogP contribution >= 0.6 is 0 Å². The van der Waals surface area contributed by atoms with E-state index in [0.717, 1.165) is 70.6 Å². The third kappa shape index (κ3) is 34.2. The van der Waals surface area contributed by atoms with Crippen molar-refractivity contribution in [3.8, 4) is 0 Å². The van der Waals surface area contributed by atoms with E-state index in [0.29, 0.717) is 25.9 Å². The average molecular weight is 678 g/mol. The van der Waals surface area contributed by atoms with Crippen LogP contribution in [-0.2, 0) is 14.3 Å². The number of esters is 1. The van der Waals surface area contributed by atoms with Gasteiger partial charge in [-0.1, -0.05) is 147 Å². The minimum atomic E-state index is -0.692. The van der Waals surface area contributed by atoms with Gasteiger partial charge in [0.25, 0.3) is 0 Å². The number of nitrogens with one attached hydrogen (secondary N) is 1. The van der Waals surface area contributed by atoms with Crippen molar-refractivity contribution in [2.24, 2.45) is 0 Å². The van der Waals surface area contributed by atoms with Gasteiger partial charge in [0.1, 0.15) is 0 Å². The van der Waals surface area contributed by atoms with Crippen molar-refractivity contribution in [2.75, 3.05) is 13.2 Å². The summed E-state index contributed by atoms with van der Waals surface area (Å²) in [6.07, 6.45) is 41.3. The highest BCUT2D eigenvalue weighted by Gasteiger charge is 2.19. The van der Waals surface area contributed by atoms with Crippen LogP contribution in [0.25, 0.3) is 0 Å². The molecule has 0 aromatic heterocycles. The highest BCUT2D eigenvalue weighted by molar-refractivity contribution is 5.76. The van der Waals surface area contributed by atoms with Gasteiger partial charge in [-0.15, -0.1) is 0 Å². The topological polar surface area (TPSA) is 95.9 Å². The zero-order valence-electron chi connectivity index (χ0n) is 31.7. The highest BCUT2D eigenvalue weighted by Crippen LogP contribution is 2.14. The maximum Gasteiger partial charge on any atom is 0.305 e. The van der Waals surface area contributed by atoms with Gasteiger partial charge in [0, 0.05) is 12.8 Å². The summed E-state index contributed by atoms with van der Waals surface area (Å²) in [4.78, 5) is 24.3. The molecule has 0 heterocycles. The second-order valence-electron chi connectivity index (χ2n) is 14.0. The predicted octanol–water partition coefficient (Wildman–Crippen LogP) is 11.2. The molecule has 0 rings (SSSR count). The van der Waals surface area contributed by atoms with Gasteiger partial charge in [-0.3, -0.25) is 9.59 Å². The van der Waals surface area contributed by atoms with Crippen molar-refractivity contribution >= 4 is 11.9 Å². The Morgan fingerprint density at radius 1 is 0.562 bits per heavy atom. The fourth-order valence-electron chi connectivity index (χ4n) is 5.99. The van der Waals surface area contributed by atoms with Crippen molar-refractivity contribution < 1.29 is 24.5 Å². The van der Waals surface area contributed by atoms with Crippen LogP contribution in [0.5, 0.6) is 0 Å². The smallest absolute Gasteiger partial charge is 0.305 e. The molecule has 0 saturated heterocycles. The number of unbranched alkanes of at least 4 members (excludes halogenated alkanes) is 22. The molecule has 0 aliphatic rings. The molecule has 2 unspecified atom stereocenters. The third-order valence-corrected chi connectivity index (χ3v) is 9.22. The van der Waals surface area contributed by atoms with Crippen LogP contribution in [0.4, 0.5) is 0 Å². The molecule has 0 saturated carbocycles. The Morgan fingerprint density at radius 2 is 1.00 bits per heavy atom. The number of carbonyl (C=O) groups excluding carboxylic acids is 2. The molecular weight excluding hydrogens is 598 g/mol. The lowest BCUT2D eigenvalue weighted by molar-refractivity contribution is -0.143. The number of carbonyl (C=O) groups is 2. The average Bonchev–Trinajstić information content (AvgIpc) is 3.08. The summed E-state index contributed by atoms with van der Waals surface area (Å²) in [6.45, 7) is 4.79. The number of aliphatic hydroxyl groups excluding tert-OH is 2. The number of rotatable bonds is 37. The van der Waals surface area contributed by atoms with E-state index in [2.05, 4.69) is 43.5 Å². The van der Waals surface area contributed by atoms with Gasteiger partial charge in [-0.05, 0) is 70.6 Å². The van der Waals surface area contributed by atoms with E-state index in [1.165, 1.54) is 103 Å². The van der Waals surface area contributed by atoms with Gasteiger partial charge in [0.2, 0.25) is 5.91 Å². The van der Waals surface area contributed by atoms with Gasteiger partial charge in [-0.25, -0.2) is 0 Å². The molecular formula is C42H79NO5. The lowest BCUT2D eigenvalue weighted by Gasteiger charge is -2.22. The number of aliphatic hydroxyl groups is 2. The second-order valence-corrected chi connectivity index (χ2v) is 14.0. The SMILES string of the molecule is CCCCC/C=C\CCCCCCCC(=O)OCCCCCC/C=C\CCCC(=O)NC(CO)C(O)CCCCCCCCCCCC. The van der Waals surface area contributed by atoms with Crippen LogP contribution in [0, 0.1) is 0 Å². The molecule has 0 aromatic rings. The quantitative estimate of drug-likeness (QED) is 0.0345. The molecule has 3 N–H and O–H groups in total. The lowest BCUT2D eigenvalue weighted by atomic mass is 10.0. The summed E-state index contributed by atoms with van der Waals surface area (Å²) < 4.78 is 5.40. The van der Waals surface area contributed by atoms with Crippen LogP contribution in [0.3, 0.4) is 0 Å². The highest BCUT2D eigenvalue weighted by atomic mass is 16.5. The Bertz CT molecular complexity index is 752. The van der Waals surface area contributed by atoms with Crippen molar-refractivity contribution in [1.82, 2.24) is 5.32 Å². The molecule has 48 heavy (non-hydrogen) atoms. The summed E-state index contributed by atoms with van der Waals surface area (Å²) in [6, 6.07) is -0.576. The van der Waals surface area contributed by atoms with Crippen molar-refractivity contribution in [3.05, 3.63) is 24.3 Å². The van der Waals surface area contributed by atoms with Gasteiger partial charge in [-0.2, -0.15) is 0 Å². The van der Waals surface area contributed by atoms with E-state index in [4.69, 9.17) is 4.74 Å². The van der Waals surface area contributed by atoms with Crippen molar-refractivity contribution in [3.63, 3.8) is 0 Å². The van der Waals surface area contributed by atoms with Gasteiger partial charge >= 0.3 is 5.97 Å². The fourth-order valence-corrected chi connectivity index (χ4v) is 5.99. The zero-order valence-corrected chi connectivity index (χ0v) is 31.7. The summed E-state index contributed by atoms with van der Waals surface area (Å²) in [5.74, 6) is -0.147. The summed E-state index contributed by atoms with van der Waals surface area (Å²) >= 11 is 0. The molecule has 1 amide bonds. The molecule has 0 fully saturated rings. The maximum atomic E-state index is 12.3. The van der Waals surface area contributed by atoms with Crippen LogP contribution in [0.1, 0.15) is 206 Å². The lowest BCUT2D eigenvalue weighted by Crippen LogP contribution is -2.45. The Labute approximate surface area is 297 Å². The van der Waals surface area contributed by atoms with E-state index in [9.17, 15) is 19.8 Å². The Kier molecular flexibility index (Phi) is 36.8. The maximum absolute atomic E-state index is 12.3. The van der Waals surface area contributed by atoms with Crippen LogP contribution in [-0.4, -0.2) is 47.4 Å². The van der Waals surface area contributed by atoms with E-state index >= 15 is 0 Å². The first-order chi connectivity index (χ1) is 23.5. The van der Waals surface area contributed by atoms with Crippen molar-refractivity contribution in [1.29, 1.82) is 0 Å². The predicted molar refractivity (Wildman–Crippen MR) is 204 cm³/mol. The van der Waals surface area contributed by atoms with Gasteiger partial charge in [0.15, 0.2) is 0 Å². The molecule has 282 valence electrons. The van der Waals surface area contributed by atoms with Crippen molar-refractivity contribution in [2.45, 2.75) is 219 Å². The normalized spacial score (nSPS) is 13.0. The minimum absolute atomic E-state index is 0.0472. The summed E-state index contributed by atoms with van der Waals surface area (Å²) in [5, 5.41) is 23.0. The minimum Gasteiger partial charge on any atom is -0.466 e. The van der Waals surface area contributed by atoms with E-state index in [1.54, 1.807) is 0 Å². The first-order valence-electron chi connectivity index (χ1n) is 20.6. The first kappa shape index (κ1) is 46.3. The third-order valence-electron chi connectivity index (χ3n) is 9.22. The number of ether oxygens (including phenoxy) is 1. The second kappa shape index (κ2) is 38.1. The molecule has 0 aromatic carbocycles. The first-order valence-corrected chi connectivity index (χ1v) is 20.6. The monoisotopic (exact) mass is 678 g/mol. The Hall–Kier alpha value is -1.66. The van der Waals surface area contributed by atoms with Crippen LogP contribution < -0.4 is 5.32 Å². The Morgan fingerprint density at radius 3 is 1.56 bits per heavy atom. The number of hydrogen-bond donors (Lipinski definition) is 3. The summed E-state index contributed by atoms with van der Waals surface area (Å²) in [5.41, 5.74) is 0. The zero-order chi connectivity index (χ0) is 35.2. The molecule has 6 heteroatoms. The van der Waals surface area contributed by atoms with E-state index in [-0.39, 0.29) is 18.5 Å². The number of amides is 1. The standard InChI is InChI=1S/C42H79NO5/c1-3-5-7-9-11-13-15-16-20-24-28-32-36-42(47)48-37-33-29-25-21-17-19-23-27-31-35-41(46)43-39(38-44)40(45)34-30-26-22-18-14-12-10-8-6-4-2/h11,13,19,23,39-40,44-45H,3-10,12,14-18,20-22,24-38H2,1-2H3,(H,43,46)/b13-11-,23-19-. The van der Waals surface area contributed by atoms with Crippen LogP contribution in [0.2, 0.25) is 0 Å². The molecule has 0 bridgehead atoms. The molecule has 0 aliphatic carbocycles. The van der Waals surface area contributed by atoms with Crippen LogP contribution in [0.15, 0.2) is 24.3 Å². The molecule has 0 radical (unpaired) electrons. The van der Waals surface area contributed by atoms with Gasteiger partial charge < -0.3 is 20.3 Å². The fraction of sp³-hybridized carbons (Fsp3) is 0.857. The number of hydrogen-bond acceptors (Lipinski definition) is 5. The molecule has 6 nitrogen and oxygen atoms in total. The van der Waals surface area contributed by atoms with Gasteiger partial charge in [0.05, 0.1) is 25.4 Å².